The first-order valence-corrected chi connectivity index (χ1v) is 16.5. The average molecular weight is 660 g/mol. The minimum absolute atomic E-state index is 0.0928. The first kappa shape index (κ1) is 33.2. The van der Waals surface area contributed by atoms with E-state index >= 15 is 0 Å². The van der Waals surface area contributed by atoms with E-state index in [9.17, 15) is 31.2 Å². The number of carbonyl (C=O) groups is 2. The standard InChI is InChI=1S/C32H36F3N5O5S/c1-31(2,3)45-30(42)39-24-17-29(41)40(19-24)28-16-21(14-15-36-28)20-4-9-25(10-5-20)46(43,44)26-11-7-23(8-12-26)38-27-13-6-22(18-37-27)32(33,34)35/h4-6,9-10,13-16,18,23-24,26H,7-8,11-12,17,19H2,1-3H3,(H,37,38)(H,39,42)/t23-,24?,26-. The predicted octanol–water partition coefficient (Wildman–Crippen LogP) is 5.99. The minimum Gasteiger partial charge on any atom is -0.444 e. The number of amides is 2. The van der Waals surface area contributed by atoms with E-state index in [-0.39, 0.29) is 29.8 Å². The zero-order chi connectivity index (χ0) is 33.3. The fraction of sp³-hybridized carbons (Fsp3) is 0.438. The molecule has 1 aliphatic heterocycles. The van der Waals surface area contributed by atoms with Gasteiger partial charge in [-0.15, -0.1) is 0 Å². The molecule has 2 amide bonds. The van der Waals surface area contributed by atoms with Gasteiger partial charge in [0.05, 0.1) is 21.8 Å². The van der Waals surface area contributed by atoms with E-state index < -0.39 is 44.6 Å². The molecule has 0 radical (unpaired) electrons. The van der Waals surface area contributed by atoms with Crippen molar-refractivity contribution in [3.05, 3.63) is 66.5 Å². The molecule has 0 spiro atoms. The van der Waals surface area contributed by atoms with Gasteiger partial charge in [-0.05, 0) is 94.0 Å². The van der Waals surface area contributed by atoms with Gasteiger partial charge in [0, 0.05) is 31.4 Å². The molecule has 5 rings (SSSR count). The smallest absolute Gasteiger partial charge is 0.417 e. The number of halogens is 3. The third kappa shape index (κ3) is 7.95. The van der Waals surface area contributed by atoms with Crippen LogP contribution in [0.3, 0.4) is 0 Å². The van der Waals surface area contributed by atoms with Gasteiger partial charge in [-0.25, -0.2) is 23.2 Å². The molecule has 3 heterocycles. The van der Waals surface area contributed by atoms with Crippen LogP contribution in [0.4, 0.5) is 29.6 Å². The molecule has 2 N–H and O–H groups in total. The summed E-state index contributed by atoms with van der Waals surface area (Å²) in [5.74, 6) is 0.554. The number of carbonyl (C=O) groups excluding carboxylic acids is 2. The monoisotopic (exact) mass is 659 g/mol. The number of anilines is 2. The fourth-order valence-corrected chi connectivity index (χ4v) is 7.44. The molecule has 1 saturated carbocycles. The molecule has 14 heteroatoms. The van der Waals surface area contributed by atoms with Gasteiger partial charge in [0.25, 0.3) is 0 Å². The van der Waals surface area contributed by atoms with E-state index in [1.54, 1.807) is 63.4 Å². The molecule has 246 valence electrons. The summed E-state index contributed by atoms with van der Waals surface area (Å²) < 4.78 is 70.6. The van der Waals surface area contributed by atoms with Gasteiger partial charge in [-0.2, -0.15) is 13.2 Å². The molecular formula is C32H36F3N5O5S. The number of nitrogens with one attached hydrogen (secondary N) is 2. The lowest BCUT2D eigenvalue weighted by Crippen LogP contribution is -2.40. The number of aromatic nitrogens is 2. The maximum Gasteiger partial charge on any atom is 0.417 e. The van der Waals surface area contributed by atoms with Crippen molar-refractivity contribution < 1.29 is 35.9 Å². The topological polar surface area (TPSA) is 131 Å². The summed E-state index contributed by atoms with van der Waals surface area (Å²) in [4.78, 5) is 34.8. The lowest BCUT2D eigenvalue weighted by molar-refractivity contribution is -0.137. The minimum atomic E-state index is -4.46. The van der Waals surface area contributed by atoms with Crippen molar-refractivity contribution in [2.75, 3.05) is 16.8 Å². The Kier molecular flexibility index (Phi) is 9.30. The average Bonchev–Trinajstić information content (AvgIpc) is 3.35. The van der Waals surface area contributed by atoms with Crippen molar-refractivity contribution in [1.29, 1.82) is 0 Å². The highest BCUT2D eigenvalue weighted by molar-refractivity contribution is 7.92. The molecule has 10 nitrogen and oxygen atoms in total. The van der Waals surface area contributed by atoms with Gasteiger partial charge in [0.1, 0.15) is 17.2 Å². The van der Waals surface area contributed by atoms with Crippen LogP contribution in [0, 0.1) is 0 Å². The summed E-state index contributed by atoms with van der Waals surface area (Å²) in [6, 6.07) is 11.8. The summed E-state index contributed by atoms with van der Waals surface area (Å²) in [7, 11) is -3.61. The van der Waals surface area contributed by atoms with Crippen molar-refractivity contribution in [3.63, 3.8) is 0 Å². The van der Waals surface area contributed by atoms with E-state index in [0.717, 1.165) is 23.4 Å². The van der Waals surface area contributed by atoms with Crippen LogP contribution in [-0.2, 0) is 25.5 Å². The third-order valence-electron chi connectivity index (χ3n) is 7.94. The molecule has 1 aromatic carbocycles. The highest BCUT2D eigenvalue weighted by Crippen LogP contribution is 2.33. The number of sulfone groups is 1. The zero-order valence-corrected chi connectivity index (χ0v) is 26.5. The first-order chi connectivity index (χ1) is 21.6. The summed E-state index contributed by atoms with van der Waals surface area (Å²) in [5.41, 5.74) is 0.00331. The lowest BCUT2D eigenvalue weighted by atomic mass is 9.95. The van der Waals surface area contributed by atoms with Gasteiger partial charge < -0.3 is 15.4 Å². The number of hydrogen-bond acceptors (Lipinski definition) is 8. The Labute approximate surface area is 265 Å². The van der Waals surface area contributed by atoms with Gasteiger partial charge in [0.15, 0.2) is 9.84 Å². The highest BCUT2D eigenvalue weighted by atomic mass is 32.2. The number of benzene rings is 1. The number of pyridine rings is 2. The maximum absolute atomic E-state index is 13.4. The molecule has 0 bridgehead atoms. The third-order valence-corrected chi connectivity index (χ3v) is 10.2. The Hall–Kier alpha value is -4.20. The number of ether oxygens (including phenoxy) is 1. The second kappa shape index (κ2) is 12.9. The van der Waals surface area contributed by atoms with Crippen molar-refractivity contribution in [2.24, 2.45) is 0 Å². The van der Waals surface area contributed by atoms with E-state index in [1.165, 1.54) is 11.0 Å². The number of nitrogens with zero attached hydrogens (tertiary/aromatic N) is 3. The SMILES string of the molecule is CC(C)(C)OC(=O)NC1CC(=O)N(c2cc(-c3ccc(S(=O)(=O)[C@H]4CC[C@H](Nc5ccc(C(F)(F)F)cn5)CC4)cc3)ccn2)C1. The van der Waals surface area contributed by atoms with Crippen LogP contribution in [-0.4, -0.2) is 59.9 Å². The second-order valence-electron chi connectivity index (χ2n) is 12.6. The van der Waals surface area contributed by atoms with Gasteiger partial charge in [-0.1, -0.05) is 12.1 Å². The van der Waals surface area contributed by atoms with Crippen molar-refractivity contribution in [1.82, 2.24) is 15.3 Å². The van der Waals surface area contributed by atoms with Gasteiger partial charge in [0.2, 0.25) is 5.91 Å². The number of hydrogen-bond donors (Lipinski definition) is 2. The summed E-state index contributed by atoms with van der Waals surface area (Å²) in [6.07, 6.45) is -0.702. The van der Waals surface area contributed by atoms with Crippen molar-refractivity contribution in [3.8, 4) is 11.1 Å². The van der Waals surface area contributed by atoms with Crippen LogP contribution < -0.4 is 15.5 Å². The maximum atomic E-state index is 13.4. The van der Waals surface area contributed by atoms with E-state index in [1.807, 2.05) is 0 Å². The molecule has 46 heavy (non-hydrogen) atoms. The number of alkyl halides is 3. The molecule has 1 atom stereocenters. The molecule has 2 aliphatic rings. The molecule has 3 aromatic rings. The summed E-state index contributed by atoms with van der Waals surface area (Å²) >= 11 is 0. The van der Waals surface area contributed by atoms with Crippen LogP contribution in [0.25, 0.3) is 11.1 Å². The Morgan fingerprint density at radius 3 is 2.24 bits per heavy atom. The van der Waals surface area contributed by atoms with E-state index in [2.05, 4.69) is 20.6 Å². The normalized spacial score (nSPS) is 20.8. The quantitative estimate of drug-likeness (QED) is 0.317. The molecular weight excluding hydrogens is 623 g/mol. The summed E-state index contributed by atoms with van der Waals surface area (Å²) in [5, 5.41) is 5.27. The lowest BCUT2D eigenvalue weighted by Gasteiger charge is -2.29. The second-order valence-corrected chi connectivity index (χ2v) is 14.8. The first-order valence-electron chi connectivity index (χ1n) is 15.0. The van der Waals surface area contributed by atoms with Crippen molar-refractivity contribution >= 4 is 33.5 Å². The molecule has 2 aromatic heterocycles. The van der Waals surface area contributed by atoms with Crippen molar-refractivity contribution in [2.45, 2.75) is 86.9 Å². The van der Waals surface area contributed by atoms with Crippen LogP contribution >= 0.6 is 0 Å². The highest BCUT2D eigenvalue weighted by Gasteiger charge is 2.35. The van der Waals surface area contributed by atoms with E-state index in [4.69, 9.17) is 4.74 Å². The Balaban J connectivity index is 1.18. The number of alkyl carbamates (subject to hydrolysis) is 1. The Bertz CT molecular complexity index is 1670. The van der Waals surface area contributed by atoms with Crippen LogP contribution in [0.1, 0.15) is 58.4 Å². The predicted molar refractivity (Wildman–Crippen MR) is 166 cm³/mol. The van der Waals surface area contributed by atoms with Gasteiger partial charge in [-0.3, -0.25) is 9.69 Å². The largest absolute Gasteiger partial charge is 0.444 e. The van der Waals surface area contributed by atoms with Crippen LogP contribution in [0.5, 0.6) is 0 Å². The zero-order valence-electron chi connectivity index (χ0n) is 25.7. The molecule has 1 unspecified atom stereocenters. The van der Waals surface area contributed by atoms with Gasteiger partial charge >= 0.3 is 12.3 Å². The Morgan fingerprint density at radius 2 is 1.63 bits per heavy atom. The Morgan fingerprint density at radius 1 is 0.935 bits per heavy atom. The van der Waals surface area contributed by atoms with E-state index in [0.29, 0.717) is 37.3 Å². The fourth-order valence-electron chi connectivity index (χ4n) is 5.65. The molecule has 2 fully saturated rings. The number of rotatable bonds is 7. The summed E-state index contributed by atoms with van der Waals surface area (Å²) in [6.45, 7) is 5.52. The molecule has 1 saturated heterocycles. The molecule has 1 aliphatic carbocycles. The van der Waals surface area contributed by atoms with Crippen LogP contribution in [0.15, 0.2) is 65.8 Å². The van der Waals surface area contributed by atoms with Crippen LogP contribution in [0.2, 0.25) is 0 Å².